The van der Waals surface area contributed by atoms with Crippen molar-refractivity contribution >= 4 is 11.3 Å². The monoisotopic (exact) mass is 292 g/mol. The molecule has 2 aromatic heterocycles. The van der Waals surface area contributed by atoms with Crippen LogP contribution in [0.15, 0.2) is 11.6 Å². The van der Waals surface area contributed by atoms with E-state index in [9.17, 15) is 0 Å². The second-order valence-electron chi connectivity index (χ2n) is 6.19. The standard InChI is InChI=1S/C15H24N4S/c1-11-12(8-17-19-11)6-5-7-16-9-13-10-20-14(18-13)15(2,3)4/h8,10,16H,5-7,9H2,1-4H3,(H,17,19). The molecule has 2 N–H and O–H groups in total. The maximum atomic E-state index is 4.68. The highest BCUT2D eigenvalue weighted by Crippen LogP contribution is 2.25. The van der Waals surface area contributed by atoms with Crippen molar-refractivity contribution in [3.05, 3.63) is 33.5 Å². The molecule has 0 bridgehead atoms. The normalized spacial score (nSPS) is 12.0. The summed E-state index contributed by atoms with van der Waals surface area (Å²) >= 11 is 1.76. The van der Waals surface area contributed by atoms with Crippen LogP contribution >= 0.6 is 11.3 Å². The summed E-state index contributed by atoms with van der Waals surface area (Å²) in [5, 5.41) is 13.8. The van der Waals surface area contributed by atoms with Crippen molar-refractivity contribution < 1.29 is 0 Å². The predicted octanol–water partition coefficient (Wildman–Crippen LogP) is 3.19. The lowest BCUT2D eigenvalue weighted by Gasteiger charge is -2.13. The molecular formula is C15H24N4S. The number of hydrogen-bond acceptors (Lipinski definition) is 4. The number of aromatic nitrogens is 3. The Morgan fingerprint density at radius 2 is 2.15 bits per heavy atom. The van der Waals surface area contributed by atoms with Crippen LogP contribution in [0.5, 0.6) is 0 Å². The Hall–Kier alpha value is -1.20. The second-order valence-corrected chi connectivity index (χ2v) is 7.05. The summed E-state index contributed by atoms with van der Waals surface area (Å²) in [6.45, 7) is 10.5. The van der Waals surface area contributed by atoms with E-state index < -0.39 is 0 Å². The van der Waals surface area contributed by atoms with Gasteiger partial charge in [0.25, 0.3) is 0 Å². The molecule has 4 nitrogen and oxygen atoms in total. The van der Waals surface area contributed by atoms with Crippen LogP contribution in [0, 0.1) is 6.92 Å². The molecular weight excluding hydrogens is 268 g/mol. The third-order valence-electron chi connectivity index (χ3n) is 3.23. The van der Waals surface area contributed by atoms with Crippen molar-refractivity contribution in [2.75, 3.05) is 6.54 Å². The average molecular weight is 292 g/mol. The van der Waals surface area contributed by atoms with Crippen molar-refractivity contribution in [3.63, 3.8) is 0 Å². The van der Waals surface area contributed by atoms with Gasteiger partial charge >= 0.3 is 0 Å². The zero-order valence-electron chi connectivity index (χ0n) is 12.8. The molecule has 0 atom stereocenters. The Labute approximate surface area is 125 Å². The first-order valence-corrected chi connectivity index (χ1v) is 7.99. The molecule has 0 aliphatic carbocycles. The van der Waals surface area contributed by atoms with Gasteiger partial charge in [0.05, 0.1) is 16.9 Å². The van der Waals surface area contributed by atoms with Gasteiger partial charge in [-0.3, -0.25) is 5.10 Å². The van der Waals surface area contributed by atoms with E-state index in [1.165, 1.54) is 16.3 Å². The average Bonchev–Trinajstić information content (AvgIpc) is 2.98. The van der Waals surface area contributed by atoms with Crippen LogP contribution in [0.1, 0.15) is 49.2 Å². The van der Waals surface area contributed by atoms with Crippen LogP contribution in [0.4, 0.5) is 0 Å². The van der Waals surface area contributed by atoms with E-state index in [2.05, 4.69) is 53.6 Å². The van der Waals surface area contributed by atoms with Gasteiger partial charge in [-0.1, -0.05) is 20.8 Å². The molecule has 0 unspecified atom stereocenters. The highest BCUT2D eigenvalue weighted by molar-refractivity contribution is 7.09. The fourth-order valence-electron chi connectivity index (χ4n) is 1.98. The smallest absolute Gasteiger partial charge is 0.0982 e. The molecule has 20 heavy (non-hydrogen) atoms. The summed E-state index contributed by atoms with van der Waals surface area (Å²) in [7, 11) is 0. The van der Waals surface area contributed by atoms with Crippen LogP contribution in [-0.4, -0.2) is 21.7 Å². The summed E-state index contributed by atoms with van der Waals surface area (Å²) in [5.74, 6) is 0. The maximum absolute atomic E-state index is 4.68. The van der Waals surface area contributed by atoms with Crippen LogP contribution in [-0.2, 0) is 18.4 Å². The van der Waals surface area contributed by atoms with Crippen molar-refractivity contribution in [3.8, 4) is 0 Å². The molecule has 0 aliphatic rings. The number of hydrogen-bond donors (Lipinski definition) is 2. The summed E-state index contributed by atoms with van der Waals surface area (Å²) < 4.78 is 0. The van der Waals surface area contributed by atoms with Crippen LogP contribution in [0.2, 0.25) is 0 Å². The largest absolute Gasteiger partial charge is 0.311 e. The van der Waals surface area contributed by atoms with Crippen molar-refractivity contribution in [1.29, 1.82) is 0 Å². The minimum atomic E-state index is 0.154. The number of rotatable bonds is 6. The highest BCUT2D eigenvalue weighted by Gasteiger charge is 2.17. The van der Waals surface area contributed by atoms with Gasteiger partial charge in [-0.25, -0.2) is 4.98 Å². The zero-order valence-corrected chi connectivity index (χ0v) is 13.6. The van der Waals surface area contributed by atoms with Crippen molar-refractivity contribution in [2.45, 2.75) is 52.5 Å². The first-order valence-electron chi connectivity index (χ1n) is 7.11. The Bertz CT molecular complexity index is 536. The van der Waals surface area contributed by atoms with E-state index in [4.69, 9.17) is 0 Å². The molecule has 0 amide bonds. The third kappa shape index (κ3) is 4.15. The molecule has 110 valence electrons. The Balaban J connectivity index is 1.69. The quantitative estimate of drug-likeness (QED) is 0.804. The van der Waals surface area contributed by atoms with E-state index in [1.54, 1.807) is 11.3 Å². The van der Waals surface area contributed by atoms with E-state index in [0.717, 1.165) is 31.6 Å². The maximum Gasteiger partial charge on any atom is 0.0982 e. The summed E-state index contributed by atoms with van der Waals surface area (Å²) in [6.07, 6.45) is 4.11. The molecule has 5 heteroatoms. The lowest BCUT2D eigenvalue weighted by molar-refractivity contribution is 0.578. The van der Waals surface area contributed by atoms with Gasteiger partial charge in [0.1, 0.15) is 0 Å². The Morgan fingerprint density at radius 3 is 2.75 bits per heavy atom. The van der Waals surface area contributed by atoms with Gasteiger partial charge in [0, 0.05) is 23.0 Å². The van der Waals surface area contributed by atoms with Gasteiger partial charge in [0.15, 0.2) is 0 Å². The minimum absolute atomic E-state index is 0.154. The van der Waals surface area contributed by atoms with E-state index in [1.807, 2.05) is 6.20 Å². The first kappa shape index (κ1) is 15.2. The second kappa shape index (κ2) is 6.50. The SMILES string of the molecule is Cc1[nH]ncc1CCCNCc1csc(C(C)(C)C)n1. The van der Waals surface area contributed by atoms with Crippen LogP contribution in [0.25, 0.3) is 0 Å². The number of nitrogens with zero attached hydrogens (tertiary/aromatic N) is 2. The lowest BCUT2D eigenvalue weighted by atomic mass is 9.98. The highest BCUT2D eigenvalue weighted by atomic mass is 32.1. The van der Waals surface area contributed by atoms with Gasteiger partial charge in [-0.05, 0) is 31.9 Å². The van der Waals surface area contributed by atoms with E-state index in [-0.39, 0.29) is 5.41 Å². The Kier molecular flexibility index (Phi) is 4.94. The van der Waals surface area contributed by atoms with Gasteiger partial charge < -0.3 is 5.32 Å². The molecule has 0 saturated heterocycles. The van der Waals surface area contributed by atoms with Crippen molar-refractivity contribution in [2.24, 2.45) is 0 Å². The number of H-pyrrole nitrogens is 1. The van der Waals surface area contributed by atoms with E-state index in [0.29, 0.717) is 0 Å². The van der Waals surface area contributed by atoms with Gasteiger partial charge in [-0.15, -0.1) is 11.3 Å². The predicted molar refractivity (Wildman–Crippen MR) is 84.2 cm³/mol. The summed E-state index contributed by atoms with van der Waals surface area (Å²) in [5.41, 5.74) is 3.80. The number of aryl methyl sites for hydroxylation is 2. The Morgan fingerprint density at radius 1 is 1.35 bits per heavy atom. The molecule has 2 aromatic rings. The fraction of sp³-hybridized carbons (Fsp3) is 0.600. The minimum Gasteiger partial charge on any atom is -0.311 e. The van der Waals surface area contributed by atoms with Gasteiger partial charge in [0.2, 0.25) is 0 Å². The van der Waals surface area contributed by atoms with E-state index >= 15 is 0 Å². The summed E-state index contributed by atoms with van der Waals surface area (Å²) in [4.78, 5) is 4.68. The number of aromatic amines is 1. The van der Waals surface area contributed by atoms with Crippen LogP contribution in [0.3, 0.4) is 0 Å². The molecule has 0 radical (unpaired) electrons. The van der Waals surface area contributed by atoms with Gasteiger partial charge in [-0.2, -0.15) is 5.10 Å². The number of thiazole rings is 1. The topological polar surface area (TPSA) is 53.6 Å². The van der Waals surface area contributed by atoms with Crippen LogP contribution < -0.4 is 5.32 Å². The molecule has 0 fully saturated rings. The van der Waals surface area contributed by atoms with Crippen molar-refractivity contribution in [1.82, 2.24) is 20.5 Å². The lowest BCUT2D eigenvalue weighted by Crippen LogP contribution is -2.16. The summed E-state index contributed by atoms with van der Waals surface area (Å²) in [6, 6.07) is 0. The molecule has 0 spiro atoms. The molecule has 2 heterocycles. The zero-order chi connectivity index (χ0) is 14.6. The fourth-order valence-corrected chi connectivity index (χ4v) is 2.89. The molecule has 0 aliphatic heterocycles. The third-order valence-corrected chi connectivity index (χ3v) is 4.55. The first-order chi connectivity index (χ1) is 9.47. The molecule has 0 saturated carbocycles. The number of nitrogens with one attached hydrogen (secondary N) is 2. The molecule has 2 rings (SSSR count). The molecule has 0 aromatic carbocycles.